The van der Waals surface area contributed by atoms with E-state index < -0.39 is 23.0 Å². The fraction of sp³-hybridized carbons (Fsp3) is 0.308. The van der Waals surface area contributed by atoms with Crippen molar-refractivity contribution in [1.29, 1.82) is 0 Å². The number of hydrogen-bond acceptors (Lipinski definition) is 6. The Labute approximate surface area is 206 Å². The number of aromatic nitrogens is 5. The summed E-state index contributed by atoms with van der Waals surface area (Å²) < 4.78 is 42.8. The van der Waals surface area contributed by atoms with E-state index in [-0.39, 0.29) is 12.2 Å². The number of hydrogen-bond donors (Lipinski definition) is 0. The summed E-state index contributed by atoms with van der Waals surface area (Å²) >= 11 is 0. The van der Waals surface area contributed by atoms with Gasteiger partial charge >= 0.3 is 5.97 Å². The Bertz CT molecular complexity index is 1450. The van der Waals surface area contributed by atoms with E-state index in [9.17, 15) is 13.6 Å². The number of halogens is 2. The second-order valence-electron chi connectivity index (χ2n) is 8.67. The summed E-state index contributed by atoms with van der Waals surface area (Å²) in [6, 6.07) is 9.10. The van der Waals surface area contributed by atoms with Crippen LogP contribution in [0.1, 0.15) is 36.8 Å². The number of rotatable bonds is 6. The van der Waals surface area contributed by atoms with Crippen molar-refractivity contribution in [2.45, 2.75) is 38.6 Å². The van der Waals surface area contributed by atoms with E-state index in [0.29, 0.717) is 36.8 Å². The van der Waals surface area contributed by atoms with Crippen molar-refractivity contribution in [3.05, 3.63) is 77.6 Å². The Morgan fingerprint density at radius 1 is 1.14 bits per heavy atom. The van der Waals surface area contributed by atoms with E-state index in [1.807, 2.05) is 40.5 Å². The van der Waals surface area contributed by atoms with Crippen molar-refractivity contribution >= 4 is 5.97 Å². The molecule has 1 aliphatic rings. The highest BCUT2D eigenvalue weighted by molar-refractivity contribution is 5.87. The van der Waals surface area contributed by atoms with Crippen LogP contribution in [0.2, 0.25) is 0 Å². The fourth-order valence-corrected chi connectivity index (χ4v) is 4.84. The molecule has 8 nitrogen and oxygen atoms in total. The van der Waals surface area contributed by atoms with Crippen LogP contribution in [0.5, 0.6) is 5.75 Å². The van der Waals surface area contributed by atoms with Crippen LogP contribution in [0, 0.1) is 18.6 Å². The maximum Gasteiger partial charge on any atom is 0.324 e. The summed E-state index contributed by atoms with van der Waals surface area (Å²) in [4.78, 5) is 17.7. The smallest absolute Gasteiger partial charge is 0.324 e. The maximum atomic E-state index is 14.3. The number of fused-ring (bicyclic) bond motifs is 1. The van der Waals surface area contributed by atoms with Crippen LogP contribution in [-0.4, -0.2) is 44.0 Å². The van der Waals surface area contributed by atoms with Crippen LogP contribution < -0.4 is 4.74 Å². The van der Waals surface area contributed by atoms with E-state index in [4.69, 9.17) is 9.47 Å². The van der Waals surface area contributed by atoms with Crippen LogP contribution in [-0.2, 0) is 21.5 Å². The molecule has 0 radical (unpaired) electrons. The second kappa shape index (κ2) is 9.18. The molecular formula is C26H25F2N5O3. The average Bonchev–Trinajstić information content (AvgIpc) is 3.52. The van der Waals surface area contributed by atoms with E-state index in [2.05, 4.69) is 15.2 Å². The molecule has 0 fully saturated rings. The Morgan fingerprint density at radius 2 is 1.97 bits per heavy atom. The van der Waals surface area contributed by atoms with Gasteiger partial charge in [0.25, 0.3) is 0 Å². The third-order valence-corrected chi connectivity index (χ3v) is 6.53. The molecule has 3 heterocycles. The molecule has 4 aromatic rings. The molecular weight excluding hydrogens is 468 g/mol. The van der Waals surface area contributed by atoms with Gasteiger partial charge in [-0.25, -0.2) is 13.8 Å². The van der Waals surface area contributed by atoms with Crippen LogP contribution in [0.15, 0.2) is 48.9 Å². The molecule has 0 N–H and O–H groups in total. The number of esters is 1. The second-order valence-corrected chi connectivity index (χ2v) is 8.67. The minimum Gasteiger partial charge on any atom is -0.495 e. The van der Waals surface area contributed by atoms with E-state index in [1.54, 1.807) is 20.4 Å². The molecule has 186 valence electrons. The van der Waals surface area contributed by atoms with Crippen LogP contribution in [0.3, 0.4) is 0 Å². The van der Waals surface area contributed by atoms with E-state index in [1.165, 1.54) is 6.07 Å². The number of methoxy groups -OCH3 is 1. The topological polar surface area (TPSA) is 84.1 Å². The molecule has 0 bridgehead atoms. The van der Waals surface area contributed by atoms with Crippen molar-refractivity contribution in [3.8, 4) is 22.8 Å². The number of imidazole rings is 1. The Balaban J connectivity index is 1.64. The van der Waals surface area contributed by atoms with Crippen LogP contribution in [0.25, 0.3) is 17.1 Å². The molecule has 10 heteroatoms. The lowest BCUT2D eigenvalue weighted by atomic mass is 9.74. The molecule has 1 unspecified atom stereocenters. The number of ether oxygens (including phenoxy) is 2. The Kier molecular flexibility index (Phi) is 6.03. The van der Waals surface area contributed by atoms with Gasteiger partial charge in [-0.3, -0.25) is 4.79 Å². The van der Waals surface area contributed by atoms with Gasteiger partial charge in [-0.2, -0.15) is 0 Å². The molecule has 1 atom stereocenters. The van der Waals surface area contributed by atoms with Gasteiger partial charge in [-0.15, -0.1) is 10.2 Å². The highest BCUT2D eigenvalue weighted by Gasteiger charge is 2.50. The molecule has 36 heavy (non-hydrogen) atoms. The summed E-state index contributed by atoms with van der Waals surface area (Å²) in [6.07, 6.45) is 4.52. The summed E-state index contributed by atoms with van der Waals surface area (Å²) in [7, 11) is 1.58. The molecule has 0 saturated carbocycles. The first kappa shape index (κ1) is 23.7. The zero-order valence-electron chi connectivity index (χ0n) is 20.2. The maximum absolute atomic E-state index is 14.3. The number of aryl methyl sites for hydroxylation is 1. The van der Waals surface area contributed by atoms with Gasteiger partial charge in [0.05, 0.1) is 31.4 Å². The number of carbonyl (C=O) groups is 1. The average molecular weight is 494 g/mol. The molecule has 2 aromatic carbocycles. The van der Waals surface area contributed by atoms with Gasteiger partial charge in [-0.1, -0.05) is 6.07 Å². The van der Waals surface area contributed by atoms with Crippen molar-refractivity contribution in [1.82, 2.24) is 24.3 Å². The lowest BCUT2D eigenvalue weighted by molar-refractivity contribution is -0.149. The van der Waals surface area contributed by atoms with Gasteiger partial charge < -0.3 is 18.6 Å². The van der Waals surface area contributed by atoms with Gasteiger partial charge in [0.15, 0.2) is 28.7 Å². The molecule has 5 rings (SSSR count). The minimum absolute atomic E-state index is 0.137. The molecule has 2 aromatic heterocycles. The highest BCUT2D eigenvalue weighted by atomic mass is 19.2. The number of carbonyl (C=O) groups excluding carboxylic acids is 1. The first-order valence-electron chi connectivity index (χ1n) is 11.6. The molecule has 0 spiro atoms. The number of nitrogens with zero attached hydrogens (tertiary/aromatic N) is 5. The zero-order chi connectivity index (χ0) is 25.4. The van der Waals surface area contributed by atoms with E-state index >= 15 is 0 Å². The SMILES string of the molecule is CCOC(=O)C1(c2ccc(F)c(F)c2)CCCn2c(-c3ccc(-n4cnc(C)c4)c(OC)c3)nnc21. The minimum atomic E-state index is -1.41. The Hall–Kier alpha value is -4.08. The van der Waals surface area contributed by atoms with Gasteiger partial charge in [0.1, 0.15) is 5.75 Å². The normalized spacial score (nSPS) is 17.0. The molecule has 0 amide bonds. The predicted octanol–water partition coefficient (Wildman–Crippen LogP) is 4.37. The van der Waals surface area contributed by atoms with Gasteiger partial charge in [0.2, 0.25) is 0 Å². The first-order valence-corrected chi connectivity index (χ1v) is 11.6. The molecule has 1 aliphatic heterocycles. The zero-order valence-corrected chi connectivity index (χ0v) is 20.2. The van der Waals surface area contributed by atoms with Gasteiger partial charge in [0, 0.05) is 18.3 Å². The van der Waals surface area contributed by atoms with Crippen molar-refractivity contribution in [2.24, 2.45) is 0 Å². The van der Waals surface area contributed by atoms with Gasteiger partial charge in [-0.05, 0) is 62.6 Å². The lowest BCUT2D eigenvalue weighted by Crippen LogP contribution is -2.44. The third-order valence-electron chi connectivity index (χ3n) is 6.53. The summed E-state index contributed by atoms with van der Waals surface area (Å²) in [5.41, 5.74) is 1.29. The molecule has 0 aliphatic carbocycles. The summed E-state index contributed by atoms with van der Waals surface area (Å²) in [5, 5.41) is 8.81. The quantitative estimate of drug-likeness (QED) is 0.371. The van der Waals surface area contributed by atoms with Crippen molar-refractivity contribution < 1.29 is 23.0 Å². The largest absolute Gasteiger partial charge is 0.495 e. The summed E-state index contributed by atoms with van der Waals surface area (Å²) in [6.45, 7) is 4.29. The fourth-order valence-electron chi connectivity index (χ4n) is 4.84. The van der Waals surface area contributed by atoms with Crippen molar-refractivity contribution in [2.75, 3.05) is 13.7 Å². The van der Waals surface area contributed by atoms with E-state index in [0.717, 1.165) is 29.1 Å². The lowest BCUT2D eigenvalue weighted by Gasteiger charge is -2.35. The number of benzene rings is 2. The van der Waals surface area contributed by atoms with Crippen LogP contribution >= 0.6 is 0 Å². The highest BCUT2D eigenvalue weighted by Crippen LogP contribution is 2.43. The standard InChI is InChI=1S/C26H25F2N5O3/c1-4-36-25(34)26(18-7-8-19(27)20(28)13-18)10-5-11-33-23(30-31-24(26)33)17-6-9-21(22(12-17)35-3)32-14-16(2)29-15-32/h6-9,12-15H,4-5,10-11H2,1-3H3. The Morgan fingerprint density at radius 3 is 2.67 bits per heavy atom. The summed E-state index contributed by atoms with van der Waals surface area (Å²) in [5.74, 6) is -1.12. The molecule has 0 saturated heterocycles. The van der Waals surface area contributed by atoms with Crippen LogP contribution in [0.4, 0.5) is 8.78 Å². The predicted molar refractivity (Wildman–Crippen MR) is 127 cm³/mol. The monoisotopic (exact) mass is 493 g/mol. The first-order chi connectivity index (χ1) is 17.4. The third kappa shape index (κ3) is 3.73. The van der Waals surface area contributed by atoms with Crippen molar-refractivity contribution in [3.63, 3.8) is 0 Å².